The summed E-state index contributed by atoms with van der Waals surface area (Å²) in [5.74, 6) is 0. The van der Waals surface area contributed by atoms with Gasteiger partial charge in [-0.05, 0) is 0 Å². The number of halogens is 1. The van der Waals surface area contributed by atoms with Crippen LogP contribution in [0.1, 0.15) is 5.69 Å². The van der Waals surface area contributed by atoms with Gasteiger partial charge in [0.1, 0.15) is 6.17 Å². The maximum absolute atomic E-state index is 12.5. The molecule has 3 heteroatoms. The van der Waals surface area contributed by atoms with Gasteiger partial charge >= 0.3 is 0 Å². The van der Waals surface area contributed by atoms with Crippen molar-refractivity contribution in [2.45, 2.75) is 19.1 Å². The summed E-state index contributed by atoms with van der Waals surface area (Å²) in [6.07, 6.45) is 3.26. The van der Waals surface area contributed by atoms with Gasteiger partial charge in [0.05, 0.1) is 12.9 Å². The van der Waals surface area contributed by atoms with E-state index < -0.39 is 6.17 Å². The molecule has 2 nitrogen and oxygen atoms in total. The minimum atomic E-state index is -0.678. The van der Waals surface area contributed by atoms with E-state index in [0.29, 0.717) is 13.0 Å². The molecule has 0 spiro atoms. The van der Waals surface area contributed by atoms with E-state index >= 15 is 0 Å². The van der Waals surface area contributed by atoms with Crippen molar-refractivity contribution in [3.8, 4) is 0 Å². The Morgan fingerprint density at radius 3 is 3.44 bits per heavy atom. The Morgan fingerprint density at radius 2 is 2.67 bits per heavy atom. The molecular weight excluding hydrogens is 119 g/mol. The van der Waals surface area contributed by atoms with Crippen LogP contribution in [0, 0.1) is 0 Å². The third kappa shape index (κ3) is 0.642. The Bertz CT molecular complexity index is 198. The molecular formula is C6H7FN2. The average Bonchev–Trinajstić information content (AvgIpc) is 2.22. The Morgan fingerprint density at radius 1 is 1.78 bits per heavy atom. The summed E-state index contributed by atoms with van der Waals surface area (Å²) in [4.78, 5) is 3.87. The second-order valence-corrected chi connectivity index (χ2v) is 2.34. The standard InChI is InChI=1S/C6H7FN2/c7-5-1-6-2-8-4-9(6)3-5/h2,4-5H,1,3H2/t5-/m1/s1. The van der Waals surface area contributed by atoms with Crippen LogP contribution in [0.15, 0.2) is 12.5 Å². The van der Waals surface area contributed by atoms with Crippen molar-refractivity contribution < 1.29 is 4.39 Å². The van der Waals surface area contributed by atoms with Crippen molar-refractivity contribution in [2.24, 2.45) is 0 Å². The van der Waals surface area contributed by atoms with Crippen LogP contribution in [0.25, 0.3) is 0 Å². The molecule has 0 N–H and O–H groups in total. The summed E-state index contributed by atoms with van der Waals surface area (Å²) < 4.78 is 14.4. The Kier molecular flexibility index (Phi) is 0.860. The normalized spacial score (nSPS) is 24.3. The highest BCUT2D eigenvalue weighted by molar-refractivity contribution is 5.05. The first-order valence-electron chi connectivity index (χ1n) is 2.99. The molecule has 0 aromatic carbocycles. The molecule has 0 unspecified atom stereocenters. The van der Waals surface area contributed by atoms with E-state index in [1.165, 1.54) is 0 Å². The number of fused-ring (bicyclic) bond motifs is 1. The highest BCUT2D eigenvalue weighted by Gasteiger charge is 2.19. The molecule has 0 saturated carbocycles. The van der Waals surface area contributed by atoms with Gasteiger partial charge in [-0.25, -0.2) is 9.37 Å². The van der Waals surface area contributed by atoms with E-state index in [2.05, 4.69) is 4.98 Å². The first-order valence-corrected chi connectivity index (χ1v) is 2.99. The zero-order chi connectivity index (χ0) is 6.27. The summed E-state index contributed by atoms with van der Waals surface area (Å²) in [5, 5.41) is 0. The second-order valence-electron chi connectivity index (χ2n) is 2.34. The minimum Gasteiger partial charge on any atom is -0.332 e. The van der Waals surface area contributed by atoms with Gasteiger partial charge in [-0.3, -0.25) is 0 Å². The Labute approximate surface area is 52.3 Å². The topological polar surface area (TPSA) is 17.8 Å². The third-order valence-corrected chi connectivity index (χ3v) is 1.62. The van der Waals surface area contributed by atoms with Crippen LogP contribution in [0.2, 0.25) is 0 Å². The molecule has 1 atom stereocenters. The van der Waals surface area contributed by atoms with Gasteiger partial charge in [-0.15, -0.1) is 0 Å². The number of nitrogens with zero attached hydrogens (tertiary/aromatic N) is 2. The van der Waals surface area contributed by atoms with Crippen molar-refractivity contribution in [2.75, 3.05) is 0 Å². The first kappa shape index (κ1) is 4.97. The predicted octanol–water partition coefficient (Wildman–Crippen LogP) is 0.777. The van der Waals surface area contributed by atoms with Gasteiger partial charge in [0, 0.05) is 18.3 Å². The number of rotatable bonds is 0. The van der Waals surface area contributed by atoms with E-state index in [-0.39, 0.29) is 0 Å². The summed E-state index contributed by atoms with van der Waals surface area (Å²) in [7, 11) is 0. The van der Waals surface area contributed by atoms with Crippen LogP contribution in [-0.4, -0.2) is 15.7 Å². The quantitative estimate of drug-likeness (QED) is 0.502. The zero-order valence-corrected chi connectivity index (χ0v) is 4.92. The molecule has 0 bridgehead atoms. The van der Waals surface area contributed by atoms with Crippen molar-refractivity contribution in [3.63, 3.8) is 0 Å². The van der Waals surface area contributed by atoms with Crippen LogP contribution in [0.3, 0.4) is 0 Å². The third-order valence-electron chi connectivity index (χ3n) is 1.62. The van der Waals surface area contributed by atoms with E-state index in [0.717, 1.165) is 5.69 Å². The zero-order valence-electron chi connectivity index (χ0n) is 4.92. The van der Waals surface area contributed by atoms with Crippen LogP contribution in [-0.2, 0) is 13.0 Å². The lowest BCUT2D eigenvalue weighted by Crippen LogP contribution is -2.00. The molecule has 1 aliphatic rings. The lowest BCUT2D eigenvalue weighted by molar-refractivity contribution is 0.328. The molecule has 1 aromatic heterocycles. The molecule has 2 rings (SSSR count). The van der Waals surface area contributed by atoms with Crippen molar-refractivity contribution in [1.82, 2.24) is 9.55 Å². The highest BCUT2D eigenvalue weighted by atomic mass is 19.1. The average molecular weight is 126 g/mol. The van der Waals surface area contributed by atoms with Gasteiger partial charge in [0.25, 0.3) is 0 Å². The summed E-state index contributed by atoms with van der Waals surface area (Å²) in [6.45, 7) is 0.495. The van der Waals surface area contributed by atoms with Gasteiger partial charge in [0.15, 0.2) is 0 Å². The van der Waals surface area contributed by atoms with E-state index in [1.54, 1.807) is 12.5 Å². The van der Waals surface area contributed by atoms with Crippen molar-refractivity contribution in [3.05, 3.63) is 18.2 Å². The fourth-order valence-electron chi connectivity index (χ4n) is 1.19. The first-order chi connectivity index (χ1) is 4.36. The fourth-order valence-corrected chi connectivity index (χ4v) is 1.19. The molecule has 1 aromatic rings. The van der Waals surface area contributed by atoms with Crippen LogP contribution < -0.4 is 0 Å². The van der Waals surface area contributed by atoms with Crippen LogP contribution in [0.5, 0.6) is 0 Å². The lowest BCUT2D eigenvalue weighted by atomic mass is 10.3. The molecule has 0 saturated heterocycles. The van der Waals surface area contributed by atoms with Gasteiger partial charge in [0.2, 0.25) is 0 Å². The second kappa shape index (κ2) is 1.56. The molecule has 9 heavy (non-hydrogen) atoms. The molecule has 0 aliphatic carbocycles. The summed E-state index contributed by atoms with van der Waals surface area (Å²) >= 11 is 0. The van der Waals surface area contributed by atoms with E-state index in [1.807, 2.05) is 4.57 Å². The Balaban J connectivity index is 2.39. The van der Waals surface area contributed by atoms with Crippen molar-refractivity contribution in [1.29, 1.82) is 0 Å². The fraction of sp³-hybridized carbons (Fsp3) is 0.500. The van der Waals surface area contributed by atoms with Crippen LogP contribution >= 0.6 is 0 Å². The lowest BCUT2D eigenvalue weighted by Gasteiger charge is -1.91. The predicted molar refractivity (Wildman–Crippen MR) is 30.8 cm³/mol. The molecule has 0 amide bonds. The minimum absolute atomic E-state index is 0.495. The summed E-state index contributed by atoms with van der Waals surface area (Å²) in [5.41, 5.74) is 1.02. The highest BCUT2D eigenvalue weighted by Crippen LogP contribution is 2.15. The SMILES string of the molecule is F[C@@H]1Cc2cncn2C1. The largest absolute Gasteiger partial charge is 0.332 e. The molecule has 0 fully saturated rings. The maximum atomic E-state index is 12.5. The molecule has 0 radical (unpaired) electrons. The number of hydrogen-bond acceptors (Lipinski definition) is 1. The smallest absolute Gasteiger partial charge is 0.123 e. The van der Waals surface area contributed by atoms with Gasteiger partial charge < -0.3 is 4.57 Å². The number of alkyl halides is 1. The van der Waals surface area contributed by atoms with Crippen molar-refractivity contribution >= 4 is 0 Å². The summed E-state index contributed by atoms with van der Waals surface area (Å²) in [6, 6.07) is 0. The Hall–Kier alpha value is -0.860. The molecule has 48 valence electrons. The van der Waals surface area contributed by atoms with E-state index in [9.17, 15) is 4.39 Å². The van der Waals surface area contributed by atoms with E-state index in [4.69, 9.17) is 0 Å². The molecule has 1 aliphatic heterocycles. The van der Waals surface area contributed by atoms with Crippen LogP contribution in [0.4, 0.5) is 4.39 Å². The monoisotopic (exact) mass is 126 g/mol. The number of aromatic nitrogens is 2. The molecule has 2 heterocycles. The number of hydrogen-bond donors (Lipinski definition) is 0. The maximum Gasteiger partial charge on any atom is 0.123 e. The van der Waals surface area contributed by atoms with Gasteiger partial charge in [-0.1, -0.05) is 0 Å². The van der Waals surface area contributed by atoms with Gasteiger partial charge in [-0.2, -0.15) is 0 Å². The number of imidazole rings is 1.